The van der Waals surface area contributed by atoms with E-state index < -0.39 is 33.6 Å². The Morgan fingerprint density at radius 3 is 2.48 bits per heavy atom. The van der Waals surface area contributed by atoms with Gasteiger partial charge in [0.15, 0.2) is 0 Å². The summed E-state index contributed by atoms with van der Waals surface area (Å²) in [5, 5.41) is 5.43. The lowest BCUT2D eigenvalue weighted by Gasteiger charge is -2.15. The molecule has 9 heteroatoms. The standard InChI is InChI=1S/C18H21F2N3O3S/c1-12(16-8-7-13(19)9-17(16)20)21-11-18(24)22-14-5-4-6-15(10-14)27(25,26)23(2)3/h4-10,12,21H,11H2,1-3H3,(H,22,24)/t12-/m1/s1. The number of nitrogens with one attached hydrogen (secondary N) is 2. The molecular formula is C18H21F2N3O3S. The first-order valence-electron chi connectivity index (χ1n) is 8.12. The summed E-state index contributed by atoms with van der Waals surface area (Å²) in [6, 6.07) is 8.61. The van der Waals surface area contributed by atoms with Crippen LogP contribution in [0, 0.1) is 11.6 Å². The topological polar surface area (TPSA) is 78.5 Å². The van der Waals surface area contributed by atoms with Crippen molar-refractivity contribution in [1.29, 1.82) is 0 Å². The Morgan fingerprint density at radius 2 is 1.85 bits per heavy atom. The average molecular weight is 397 g/mol. The number of rotatable bonds is 7. The number of hydrogen-bond acceptors (Lipinski definition) is 4. The van der Waals surface area contributed by atoms with E-state index in [2.05, 4.69) is 10.6 Å². The molecule has 2 N–H and O–H groups in total. The Kier molecular flexibility index (Phi) is 6.63. The Hall–Kier alpha value is -2.36. The molecule has 2 aromatic rings. The van der Waals surface area contributed by atoms with E-state index >= 15 is 0 Å². The predicted molar refractivity (Wildman–Crippen MR) is 98.7 cm³/mol. The fourth-order valence-electron chi connectivity index (χ4n) is 2.36. The van der Waals surface area contributed by atoms with Gasteiger partial charge in [0.25, 0.3) is 0 Å². The Morgan fingerprint density at radius 1 is 1.15 bits per heavy atom. The number of amides is 1. The normalized spacial score (nSPS) is 12.8. The second kappa shape index (κ2) is 8.55. The summed E-state index contributed by atoms with van der Waals surface area (Å²) in [6.07, 6.45) is 0. The van der Waals surface area contributed by atoms with Gasteiger partial charge in [-0.2, -0.15) is 0 Å². The molecule has 146 valence electrons. The zero-order valence-corrected chi connectivity index (χ0v) is 16.0. The van der Waals surface area contributed by atoms with Crippen molar-refractivity contribution in [3.8, 4) is 0 Å². The first-order valence-corrected chi connectivity index (χ1v) is 9.56. The lowest BCUT2D eigenvalue weighted by atomic mass is 10.1. The number of carbonyl (C=O) groups excluding carboxylic acids is 1. The Labute approximate surface area is 157 Å². The second-order valence-electron chi connectivity index (χ2n) is 6.13. The van der Waals surface area contributed by atoms with Crippen molar-refractivity contribution in [2.45, 2.75) is 17.9 Å². The number of sulfonamides is 1. The lowest BCUT2D eigenvalue weighted by Crippen LogP contribution is -2.30. The Balaban J connectivity index is 2.00. The summed E-state index contributed by atoms with van der Waals surface area (Å²) in [5.41, 5.74) is 0.564. The first kappa shape index (κ1) is 20.9. The van der Waals surface area contributed by atoms with Gasteiger partial charge in [-0.3, -0.25) is 4.79 Å². The van der Waals surface area contributed by atoms with Crippen molar-refractivity contribution >= 4 is 21.6 Å². The average Bonchev–Trinajstić information content (AvgIpc) is 2.59. The van der Waals surface area contributed by atoms with Crippen LogP contribution in [-0.4, -0.2) is 39.3 Å². The molecule has 0 aromatic heterocycles. The minimum Gasteiger partial charge on any atom is -0.325 e. The monoisotopic (exact) mass is 397 g/mol. The molecule has 0 aliphatic rings. The van der Waals surface area contributed by atoms with Crippen LogP contribution in [-0.2, 0) is 14.8 Å². The molecule has 0 aliphatic heterocycles. The second-order valence-corrected chi connectivity index (χ2v) is 8.28. The zero-order valence-electron chi connectivity index (χ0n) is 15.2. The van der Waals surface area contributed by atoms with Gasteiger partial charge in [0.05, 0.1) is 11.4 Å². The molecule has 0 aliphatic carbocycles. The van der Waals surface area contributed by atoms with Crippen molar-refractivity contribution in [3.63, 3.8) is 0 Å². The number of anilines is 1. The van der Waals surface area contributed by atoms with E-state index in [1.165, 1.54) is 38.4 Å². The molecule has 0 spiro atoms. The van der Waals surface area contributed by atoms with Crippen LogP contribution in [0.2, 0.25) is 0 Å². The zero-order chi connectivity index (χ0) is 20.2. The van der Waals surface area contributed by atoms with Gasteiger partial charge in [-0.1, -0.05) is 12.1 Å². The lowest BCUT2D eigenvalue weighted by molar-refractivity contribution is -0.115. The summed E-state index contributed by atoms with van der Waals surface area (Å²) in [4.78, 5) is 12.2. The van der Waals surface area contributed by atoms with E-state index in [-0.39, 0.29) is 17.0 Å². The molecule has 0 fully saturated rings. The molecule has 2 aromatic carbocycles. The molecule has 1 atom stereocenters. The number of nitrogens with zero attached hydrogens (tertiary/aromatic N) is 1. The highest BCUT2D eigenvalue weighted by atomic mass is 32.2. The van der Waals surface area contributed by atoms with Crippen LogP contribution in [0.1, 0.15) is 18.5 Å². The molecule has 0 radical (unpaired) electrons. The van der Waals surface area contributed by atoms with Crippen LogP contribution in [0.4, 0.5) is 14.5 Å². The Bertz CT molecular complexity index is 933. The maximum atomic E-state index is 13.8. The van der Waals surface area contributed by atoms with Crippen LogP contribution in [0.3, 0.4) is 0 Å². The molecule has 1 amide bonds. The van der Waals surface area contributed by atoms with Crippen molar-refractivity contribution in [2.75, 3.05) is 26.0 Å². The molecule has 0 saturated carbocycles. The van der Waals surface area contributed by atoms with E-state index in [0.717, 1.165) is 16.4 Å². The first-order chi connectivity index (χ1) is 12.6. The quantitative estimate of drug-likeness (QED) is 0.753. The maximum Gasteiger partial charge on any atom is 0.242 e. The maximum absolute atomic E-state index is 13.8. The van der Waals surface area contributed by atoms with Gasteiger partial charge in [-0.25, -0.2) is 21.5 Å². The number of hydrogen-bond donors (Lipinski definition) is 2. The van der Waals surface area contributed by atoms with Gasteiger partial charge in [0.2, 0.25) is 15.9 Å². The summed E-state index contributed by atoms with van der Waals surface area (Å²) < 4.78 is 52.1. The van der Waals surface area contributed by atoms with Crippen LogP contribution in [0.5, 0.6) is 0 Å². The van der Waals surface area contributed by atoms with E-state index in [9.17, 15) is 22.0 Å². The molecule has 2 rings (SSSR count). The van der Waals surface area contributed by atoms with E-state index in [1.807, 2.05) is 0 Å². The summed E-state index contributed by atoms with van der Waals surface area (Å²) in [5.74, 6) is -1.80. The van der Waals surface area contributed by atoms with Crippen LogP contribution < -0.4 is 10.6 Å². The van der Waals surface area contributed by atoms with Gasteiger partial charge >= 0.3 is 0 Å². The molecular weight excluding hydrogens is 376 g/mol. The third-order valence-electron chi connectivity index (χ3n) is 3.89. The van der Waals surface area contributed by atoms with Crippen molar-refractivity contribution < 1.29 is 22.0 Å². The summed E-state index contributed by atoms with van der Waals surface area (Å²) >= 11 is 0. The molecule has 0 saturated heterocycles. The van der Waals surface area contributed by atoms with Crippen molar-refractivity contribution in [1.82, 2.24) is 9.62 Å². The van der Waals surface area contributed by atoms with E-state index in [0.29, 0.717) is 5.69 Å². The fourth-order valence-corrected chi connectivity index (χ4v) is 3.31. The van der Waals surface area contributed by atoms with Gasteiger partial charge in [0.1, 0.15) is 11.6 Å². The SMILES string of the molecule is C[C@@H](NCC(=O)Nc1cccc(S(=O)(=O)N(C)C)c1)c1ccc(F)cc1F. The van der Waals surface area contributed by atoms with Crippen LogP contribution >= 0.6 is 0 Å². The molecule has 6 nitrogen and oxygen atoms in total. The third kappa shape index (κ3) is 5.31. The van der Waals surface area contributed by atoms with Gasteiger partial charge in [-0.05, 0) is 31.2 Å². The van der Waals surface area contributed by atoms with Crippen LogP contribution in [0.25, 0.3) is 0 Å². The highest BCUT2D eigenvalue weighted by Gasteiger charge is 2.18. The third-order valence-corrected chi connectivity index (χ3v) is 5.71. The minimum absolute atomic E-state index is 0.0556. The van der Waals surface area contributed by atoms with Crippen molar-refractivity contribution in [3.05, 3.63) is 59.7 Å². The van der Waals surface area contributed by atoms with Crippen LogP contribution in [0.15, 0.2) is 47.4 Å². The largest absolute Gasteiger partial charge is 0.325 e. The van der Waals surface area contributed by atoms with Gasteiger partial charge < -0.3 is 10.6 Å². The molecule has 0 unspecified atom stereocenters. The highest BCUT2D eigenvalue weighted by Crippen LogP contribution is 2.19. The fraction of sp³-hybridized carbons (Fsp3) is 0.278. The number of carbonyl (C=O) groups is 1. The molecule has 27 heavy (non-hydrogen) atoms. The van der Waals surface area contributed by atoms with Crippen molar-refractivity contribution in [2.24, 2.45) is 0 Å². The number of halogens is 2. The summed E-state index contributed by atoms with van der Waals surface area (Å²) in [7, 11) is -0.777. The van der Waals surface area contributed by atoms with E-state index in [4.69, 9.17) is 0 Å². The number of benzene rings is 2. The minimum atomic E-state index is -3.61. The summed E-state index contributed by atoms with van der Waals surface area (Å²) in [6.45, 7) is 1.51. The van der Waals surface area contributed by atoms with Gasteiger partial charge in [0, 0.05) is 37.5 Å². The predicted octanol–water partition coefficient (Wildman–Crippen LogP) is 2.50. The molecule has 0 heterocycles. The van der Waals surface area contributed by atoms with E-state index in [1.54, 1.807) is 13.0 Å². The van der Waals surface area contributed by atoms with Gasteiger partial charge in [-0.15, -0.1) is 0 Å². The smallest absolute Gasteiger partial charge is 0.242 e. The molecule has 0 bridgehead atoms. The highest BCUT2D eigenvalue weighted by molar-refractivity contribution is 7.89.